The van der Waals surface area contributed by atoms with Gasteiger partial charge in [-0.3, -0.25) is 4.79 Å². The molecular weight excluding hydrogens is 474 g/mol. The molecule has 1 atom stereocenters. The number of carbonyl (C=O) groups is 1. The molecule has 1 amide bonds. The van der Waals surface area contributed by atoms with Crippen molar-refractivity contribution in [3.63, 3.8) is 0 Å². The van der Waals surface area contributed by atoms with E-state index in [1.54, 1.807) is 11.3 Å². The number of nitrogens with one attached hydrogen (secondary N) is 2. The van der Waals surface area contributed by atoms with Crippen LogP contribution in [0.3, 0.4) is 0 Å². The van der Waals surface area contributed by atoms with Crippen LogP contribution < -0.4 is 15.4 Å². The number of fused-ring (bicyclic) bond motifs is 1. The number of anilines is 1. The largest absolute Gasteiger partial charge is 0.489 e. The van der Waals surface area contributed by atoms with Crippen LogP contribution in [0.15, 0.2) is 36.4 Å². The van der Waals surface area contributed by atoms with Crippen molar-refractivity contribution in [2.24, 2.45) is 0 Å². The van der Waals surface area contributed by atoms with E-state index in [0.29, 0.717) is 32.8 Å². The SMILES string of the molecule is CNc1cc(-c2nnc(-c3cccc4c3CC[C@@H]4NCC(=O)N3CCOCC3)s2)ccc1OC(C)C. The Hall–Kier alpha value is -3.01. The van der Waals surface area contributed by atoms with Gasteiger partial charge in [0.15, 0.2) is 0 Å². The lowest BCUT2D eigenvalue weighted by Gasteiger charge is -2.27. The summed E-state index contributed by atoms with van der Waals surface area (Å²) in [5, 5.41) is 17.6. The predicted molar refractivity (Wildman–Crippen MR) is 143 cm³/mol. The summed E-state index contributed by atoms with van der Waals surface area (Å²) in [6.45, 7) is 6.98. The highest BCUT2D eigenvalue weighted by molar-refractivity contribution is 7.17. The Morgan fingerprint density at radius 2 is 2.00 bits per heavy atom. The molecule has 2 heterocycles. The average molecular weight is 508 g/mol. The highest BCUT2D eigenvalue weighted by Gasteiger charge is 2.27. The van der Waals surface area contributed by atoms with Crippen LogP contribution in [0.4, 0.5) is 5.69 Å². The van der Waals surface area contributed by atoms with E-state index in [1.165, 1.54) is 11.1 Å². The quantitative estimate of drug-likeness (QED) is 0.474. The molecule has 36 heavy (non-hydrogen) atoms. The fourth-order valence-corrected chi connectivity index (χ4v) is 5.76. The third kappa shape index (κ3) is 5.23. The van der Waals surface area contributed by atoms with E-state index in [9.17, 15) is 4.79 Å². The summed E-state index contributed by atoms with van der Waals surface area (Å²) >= 11 is 1.60. The first-order chi connectivity index (χ1) is 17.5. The number of nitrogens with zero attached hydrogens (tertiary/aromatic N) is 3. The molecule has 5 rings (SSSR count). The molecule has 1 saturated heterocycles. The van der Waals surface area contributed by atoms with E-state index in [0.717, 1.165) is 45.4 Å². The highest BCUT2D eigenvalue weighted by Crippen LogP contribution is 2.40. The smallest absolute Gasteiger partial charge is 0.236 e. The molecule has 0 unspecified atom stereocenters. The number of rotatable bonds is 8. The molecule has 0 saturated carbocycles. The average Bonchev–Trinajstić information content (AvgIpc) is 3.55. The lowest BCUT2D eigenvalue weighted by Crippen LogP contribution is -2.45. The van der Waals surface area contributed by atoms with E-state index in [2.05, 4.69) is 45.1 Å². The summed E-state index contributed by atoms with van der Waals surface area (Å²) in [7, 11) is 1.89. The van der Waals surface area contributed by atoms with Crippen molar-refractivity contribution in [3.05, 3.63) is 47.5 Å². The van der Waals surface area contributed by atoms with Gasteiger partial charge in [0.1, 0.15) is 15.8 Å². The van der Waals surface area contributed by atoms with Crippen LogP contribution in [0, 0.1) is 0 Å². The highest BCUT2D eigenvalue weighted by atomic mass is 32.1. The van der Waals surface area contributed by atoms with Gasteiger partial charge in [0.05, 0.1) is 31.5 Å². The molecule has 1 aromatic heterocycles. The number of ether oxygens (including phenoxy) is 2. The Kier molecular flexibility index (Phi) is 7.50. The zero-order valence-corrected chi connectivity index (χ0v) is 21.9. The minimum atomic E-state index is 0.104. The molecule has 3 aromatic rings. The van der Waals surface area contributed by atoms with E-state index in [-0.39, 0.29) is 18.1 Å². The molecule has 2 N–H and O–H groups in total. The van der Waals surface area contributed by atoms with Crippen LogP contribution in [0.2, 0.25) is 0 Å². The Bertz CT molecular complexity index is 1220. The summed E-state index contributed by atoms with van der Waals surface area (Å²) in [6, 6.07) is 12.6. The number of aromatic nitrogens is 2. The molecule has 0 bridgehead atoms. The minimum absolute atomic E-state index is 0.104. The van der Waals surface area contributed by atoms with Crippen LogP contribution in [0.25, 0.3) is 21.1 Å². The first-order valence-electron chi connectivity index (χ1n) is 12.6. The van der Waals surface area contributed by atoms with Gasteiger partial charge in [-0.2, -0.15) is 0 Å². The maximum atomic E-state index is 12.6. The number of benzene rings is 2. The zero-order chi connectivity index (χ0) is 25.1. The van der Waals surface area contributed by atoms with Gasteiger partial charge in [0.25, 0.3) is 0 Å². The normalized spacial score (nSPS) is 17.3. The van der Waals surface area contributed by atoms with Crippen molar-refractivity contribution in [2.75, 3.05) is 45.2 Å². The molecule has 2 aliphatic rings. The van der Waals surface area contributed by atoms with Crippen molar-refractivity contribution >= 4 is 22.9 Å². The number of morpholine rings is 1. The maximum absolute atomic E-state index is 12.6. The molecule has 9 heteroatoms. The van der Waals surface area contributed by atoms with Gasteiger partial charge >= 0.3 is 0 Å². The molecule has 0 radical (unpaired) electrons. The number of hydrogen-bond acceptors (Lipinski definition) is 8. The standard InChI is InChI=1S/C27H33N5O3S/c1-17(2)35-24-10-7-18(15-23(24)28-3)26-30-31-27(36-26)21-6-4-5-20-19(21)8-9-22(20)29-16-25(33)32-11-13-34-14-12-32/h4-7,10,15,17,22,28-29H,8-9,11-14,16H2,1-3H3/t22-/m0/s1. The van der Waals surface area contributed by atoms with Crippen molar-refractivity contribution in [1.29, 1.82) is 0 Å². The monoisotopic (exact) mass is 507 g/mol. The number of carbonyl (C=O) groups excluding carboxylic acids is 1. The predicted octanol–water partition coefficient (Wildman–Crippen LogP) is 4.14. The van der Waals surface area contributed by atoms with Crippen molar-refractivity contribution < 1.29 is 14.3 Å². The molecule has 1 fully saturated rings. The van der Waals surface area contributed by atoms with Gasteiger partial charge in [-0.1, -0.05) is 29.5 Å². The second kappa shape index (κ2) is 10.9. The van der Waals surface area contributed by atoms with Crippen LogP contribution in [-0.2, 0) is 16.0 Å². The summed E-state index contributed by atoms with van der Waals surface area (Å²) in [5.74, 6) is 0.968. The van der Waals surface area contributed by atoms with Crippen molar-refractivity contribution in [2.45, 2.75) is 38.8 Å². The Balaban J connectivity index is 1.32. The van der Waals surface area contributed by atoms with E-state index in [1.807, 2.05) is 37.9 Å². The Morgan fingerprint density at radius 3 is 2.78 bits per heavy atom. The lowest BCUT2D eigenvalue weighted by atomic mass is 10.0. The summed E-state index contributed by atoms with van der Waals surface area (Å²) in [4.78, 5) is 14.5. The Morgan fingerprint density at radius 1 is 1.19 bits per heavy atom. The van der Waals surface area contributed by atoms with Gasteiger partial charge in [0.2, 0.25) is 5.91 Å². The van der Waals surface area contributed by atoms with Gasteiger partial charge < -0.3 is 25.0 Å². The number of amides is 1. The first-order valence-corrected chi connectivity index (χ1v) is 13.4. The third-order valence-corrected chi connectivity index (χ3v) is 7.65. The molecule has 1 aliphatic heterocycles. The molecule has 8 nitrogen and oxygen atoms in total. The molecule has 190 valence electrons. The van der Waals surface area contributed by atoms with Gasteiger partial charge in [-0.15, -0.1) is 10.2 Å². The maximum Gasteiger partial charge on any atom is 0.236 e. The first kappa shape index (κ1) is 24.7. The summed E-state index contributed by atoms with van der Waals surface area (Å²) in [6.07, 6.45) is 2.03. The van der Waals surface area contributed by atoms with E-state index >= 15 is 0 Å². The second-order valence-corrected chi connectivity index (χ2v) is 10.4. The van der Waals surface area contributed by atoms with Crippen LogP contribution in [0.5, 0.6) is 5.75 Å². The molecular formula is C27H33N5O3S. The fourth-order valence-electron chi connectivity index (χ4n) is 4.87. The van der Waals surface area contributed by atoms with Crippen molar-refractivity contribution in [1.82, 2.24) is 20.4 Å². The van der Waals surface area contributed by atoms with Gasteiger partial charge in [-0.05, 0) is 56.0 Å². The molecule has 1 aliphatic carbocycles. The molecule has 0 spiro atoms. The van der Waals surface area contributed by atoms with Crippen LogP contribution in [-0.4, -0.2) is 67.0 Å². The molecule has 2 aromatic carbocycles. The van der Waals surface area contributed by atoms with Crippen molar-refractivity contribution in [3.8, 4) is 26.9 Å². The van der Waals surface area contributed by atoms with E-state index in [4.69, 9.17) is 9.47 Å². The third-order valence-electron chi connectivity index (χ3n) is 6.65. The Labute approximate surface area is 216 Å². The summed E-state index contributed by atoms with van der Waals surface area (Å²) in [5.41, 5.74) is 5.63. The fraction of sp³-hybridized carbons (Fsp3) is 0.444. The van der Waals surface area contributed by atoms with Crippen LogP contribution >= 0.6 is 11.3 Å². The summed E-state index contributed by atoms with van der Waals surface area (Å²) < 4.78 is 11.3. The zero-order valence-electron chi connectivity index (χ0n) is 21.0. The topological polar surface area (TPSA) is 88.6 Å². The van der Waals surface area contributed by atoms with Crippen LogP contribution in [0.1, 0.15) is 37.4 Å². The van der Waals surface area contributed by atoms with E-state index < -0.39 is 0 Å². The number of hydrogen-bond donors (Lipinski definition) is 2. The van der Waals surface area contributed by atoms with Gasteiger partial charge in [0, 0.05) is 37.3 Å². The van der Waals surface area contributed by atoms with Gasteiger partial charge in [-0.25, -0.2) is 0 Å². The lowest BCUT2D eigenvalue weighted by molar-refractivity contribution is -0.134. The minimum Gasteiger partial charge on any atom is -0.489 e. The second-order valence-electron chi connectivity index (χ2n) is 9.38.